The van der Waals surface area contributed by atoms with Gasteiger partial charge in [0.05, 0.1) is 35.6 Å². The lowest BCUT2D eigenvalue weighted by Gasteiger charge is -2.21. The van der Waals surface area contributed by atoms with Crippen LogP contribution in [0.4, 0.5) is 0 Å². The number of ether oxygens (including phenoxy) is 3. The molecule has 0 aliphatic carbocycles. The Balaban J connectivity index is 2.24. The molecule has 2 aromatic rings. The van der Waals surface area contributed by atoms with Crippen LogP contribution in [0.2, 0.25) is 0 Å². The summed E-state index contributed by atoms with van der Waals surface area (Å²) in [5, 5.41) is 0. The molecule has 0 amide bonds. The van der Waals surface area contributed by atoms with Crippen LogP contribution in [0.25, 0.3) is 5.57 Å². The van der Waals surface area contributed by atoms with Gasteiger partial charge in [0.2, 0.25) is 0 Å². The second-order valence-electron chi connectivity index (χ2n) is 7.51. The molecular weight excluding hydrogens is 516 g/mol. The van der Waals surface area contributed by atoms with Crippen molar-refractivity contribution in [1.82, 2.24) is 4.98 Å². The maximum absolute atomic E-state index is 12.7. The minimum Gasteiger partial charge on any atom is -0.496 e. The zero-order valence-electron chi connectivity index (χ0n) is 17.3. The highest BCUT2D eigenvalue weighted by molar-refractivity contribution is 9.18. The van der Waals surface area contributed by atoms with E-state index in [4.69, 9.17) is 14.2 Å². The molecule has 8 heteroatoms. The molecular formula is C22H22Br2N2O4. The van der Waals surface area contributed by atoms with Crippen LogP contribution in [0.1, 0.15) is 42.4 Å². The van der Waals surface area contributed by atoms with Gasteiger partial charge in [0.1, 0.15) is 21.7 Å². The number of methoxy groups -OCH3 is 2. The number of carbonyl (C=O) groups is 1. The molecule has 1 aromatic heterocycles. The Morgan fingerprint density at radius 2 is 1.67 bits per heavy atom. The van der Waals surface area contributed by atoms with Crippen LogP contribution in [0.5, 0.6) is 11.5 Å². The van der Waals surface area contributed by atoms with Gasteiger partial charge in [0.25, 0.3) is 0 Å². The molecule has 0 spiro atoms. The summed E-state index contributed by atoms with van der Waals surface area (Å²) >= 11 is 6.87. The molecule has 1 N–H and O–H groups in total. The maximum atomic E-state index is 12.7. The first kappa shape index (κ1) is 22.4. The molecule has 1 aromatic carbocycles. The van der Waals surface area contributed by atoms with Crippen LogP contribution >= 0.6 is 31.9 Å². The summed E-state index contributed by atoms with van der Waals surface area (Å²) in [5.74, 6) is 0.481. The van der Waals surface area contributed by atoms with Gasteiger partial charge in [-0.2, -0.15) is 0 Å². The Labute approximate surface area is 192 Å². The maximum Gasteiger partial charge on any atom is 0.338 e. The van der Waals surface area contributed by atoms with Gasteiger partial charge in [-0.15, -0.1) is 0 Å². The van der Waals surface area contributed by atoms with Crippen molar-refractivity contribution in [3.63, 3.8) is 0 Å². The zero-order valence-corrected chi connectivity index (χ0v) is 20.5. The number of H-pyrrole nitrogens is 1. The monoisotopic (exact) mass is 536 g/mol. The molecule has 0 saturated carbocycles. The largest absolute Gasteiger partial charge is 0.496 e. The van der Waals surface area contributed by atoms with E-state index in [0.717, 1.165) is 21.6 Å². The summed E-state index contributed by atoms with van der Waals surface area (Å²) in [5.41, 5.74) is 2.70. The Hall–Kier alpha value is -2.32. The number of carbonyl (C=O) groups excluding carboxylic acids is 1. The van der Waals surface area contributed by atoms with Gasteiger partial charge < -0.3 is 19.2 Å². The van der Waals surface area contributed by atoms with Crippen LogP contribution in [-0.2, 0) is 4.74 Å². The molecule has 3 rings (SSSR count). The first-order chi connectivity index (χ1) is 14.1. The predicted molar refractivity (Wildman–Crippen MR) is 125 cm³/mol. The fourth-order valence-electron chi connectivity index (χ4n) is 3.00. The third-order valence-electron chi connectivity index (χ3n) is 4.17. The number of nitrogens with one attached hydrogen (secondary N) is 1. The minimum absolute atomic E-state index is 0.339. The van der Waals surface area contributed by atoms with E-state index in [1.165, 1.54) is 0 Å². The molecule has 1 aliphatic heterocycles. The van der Waals surface area contributed by atoms with Crippen LogP contribution in [-0.4, -0.2) is 35.4 Å². The number of allylic oxidation sites excluding steroid dienone is 2. The molecule has 30 heavy (non-hydrogen) atoms. The Bertz CT molecular complexity index is 1050. The molecule has 0 unspecified atom stereocenters. The molecule has 6 nitrogen and oxygen atoms in total. The summed E-state index contributed by atoms with van der Waals surface area (Å²) < 4.78 is 18.4. The van der Waals surface area contributed by atoms with Gasteiger partial charge in [0.15, 0.2) is 0 Å². The van der Waals surface area contributed by atoms with Gasteiger partial charge in [-0.05, 0) is 89.0 Å². The lowest BCUT2D eigenvalue weighted by molar-refractivity contribution is 0.00688. The number of aromatic nitrogens is 1. The van der Waals surface area contributed by atoms with Crippen molar-refractivity contribution in [2.24, 2.45) is 4.99 Å². The topological polar surface area (TPSA) is 72.9 Å². The Morgan fingerprint density at radius 3 is 2.10 bits per heavy atom. The van der Waals surface area contributed by atoms with Crippen molar-refractivity contribution in [2.45, 2.75) is 26.4 Å². The van der Waals surface area contributed by atoms with Gasteiger partial charge in [-0.25, -0.2) is 9.79 Å². The van der Waals surface area contributed by atoms with E-state index in [2.05, 4.69) is 41.8 Å². The number of nitrogens with zero attached hydrogens (tertiary/aromatic N) is 1. The van der Waals surface area contributed by atoms with Gasteiger partial charge in [-0.3, -0.25) is 0 Å². The molecule has 158 valence electrons. The number of rotatable bonds is 5. The van der Waals surface area contributed by atoms with Crippen molar-refractivity contribution in [3.8, 4) is 11.5 Å². The zero-order chi connectivity index (χ0) is 22.1. The SMILES string of the molecule is COc1cc(C(=O)OC(C)(C)C)cc(OC)c1/C(=C1\C=CC(Br)=N1)c1ccc(Br)[nH]1. The molecule has 0 atom stereocenters. The summed E-state index contributed by atoms with van der Waals surface area (Å²) in [6, 6.07) is 7.15. The minimum atomic E-state index is -0.616. The number of aliphatic imine (C=N–C) groups is 1. The normalized spacial score (nSPS) is 15.1. The Kier molecular flexibility index (Phi) is 6.57. The van der Waals surface area contributed by atoms with Crippen molar-refractivity contribution >= 4 is 48.0 Å². The van der Waals surface area contributed by atoms with E-state index in [9.17, 15) is 4.79 Å². The fourth-order valence-corrected chi connectivity index (χ4v) is 3.67. The highest BCUT2D eigenvalue weighted by Gasteiger charge is 2.26. The van der Waals surface area contributed by atoms with Crippen molar-refractivity contribution in [3.05, 3.63) is 63.5 Å². The molecule has 1 aliphatic rings. The second kappa shape index (κ2) is 8.81. The number of benzene rings is 1. The molecule has 2 heterocycles. The average Bonchev–Trinajstić information content (AvgIpc) is 3.29. The lowest BCUT2D eigenvalue weighted by atomic mass is 9.96. The summed E-state index contributed by atoms with van der Waals surface area (Å²) in [4.78, 5) is 20.5. The van der Waals surface area contributed by atoms with E-state index in [1.807, 2.05) is 45.1 Å². The number of hydrogen-bond donors (Lipinski definition) is 1. The predicted octanol–water partition coefficient (Wildman–Crippen LogP) is 5.87. The van der Waals surface area contributed by atoms with Gasteiger partial charge >= 0.3 is 5.97 Å². The van der Waals surface area contributed by atoms with E-state index < -0.39 is 11.6 Å². The first-order valence-electron chi connectivity index (χ1n) is 9.14. The van der Waals surface area contributed by atoms with Crippen LogP contribution in [0, 0.1) is 0 Å². The number of esters is 1. The number of aromatic amines is 1. The highest BCUT2D eigenvalue weighted by atomic mass is 79.9. The summed E-state index contributed by atoms with van der Waals surface area (Å²) in [6.45, 7) is 5.46. The van der Waals surface area contributed by atoms with Crippen LogP contribution in [0.3, 0.4) is 0 Å². The van der Waals surface area contributed by atoms with E-state index in [-0.39, 0.29) is 0 Å². The fraction of sp³-hybridized carbons (Fsp3) is 0.273. The van der Waals surface area contributed by atoms with E-state index in [0.29, 0.717) is 27.2 Å². The highest BCUT2D eigenvalue weighted by Crippen LogP contribution is 2.42. The summed E-state index contributed by atoms with van der Waals surface area (Å²) in [6.07, 6.45) is 3.76. The average molecular weight is 538 g/mol. The van der Waals surface area contributed by atoms with Crippen molar-refractivity contribution < 1.29 is 19.0 Å². The molecule has 0 bridgehead atoms. The molecule has 0 radical (unpaired) electrons. The third kappa shape index (κ3) is 4.87. The van der Waals surface area contributed by atoms with Gasteiger partial charge in [-0.1, -0.05) is 0 Å². The summed E-state index contributed by atoms with van der Waals surface area (Å²) in [7, 11) is 3.10. The van der Waals surface area contributed by atoms with E-state index in [1.54, 1.807) is 26.4 Å². The van der Waals surface area contributed by atoms with Crippen LogP contribution < -0.4 is 9.47 Å². The van der Waals surface area contributed by atoms with E-state index >= 15 is 0 Å². The lowest BCUT2D eigenvalue weighted by Crippen LogP contribution is -2.24. The van der Waals surface area contributed by atoms with Crippen LogP contribution in [0.15, 0.2) is 51.7 Å². The smallest absolute Gasteiger partial charge is 0.338 e. The number of halogens is 2. The van der Waals surface area contributed by atoms with Crippen molar-refractivity contribution in [1.29, 1.82) is 0 Å². The quantitative estimate of drug-likeness (QED) is 0.484. The number of hydrogen-bond acceptors (Lipinski definition) is 5. The Morgan fingerprint density at radius 1 is 1.03 bits per heavy atom. The van der Waals surface area contributed by atoms with Gasteiger partial charge in [0, 0.05) is 11.3 Å². The second-order valence-corrected chi connectivity index (χ2v) is 9.17. The molecule has 0 fully saturated rings. The first-order valence-corrected chi connectivity index (χ1v) is 10.7. The third-order valence-corrected chi connectivity index (χ3v) is 5.08. The standard InChI is InChI=1S/C22H22Br2N2O4/c1-22(2,3)30-21(27)12-10-15(28-4)20(16(11-12)29-5)19(13-6-8-17(23)25-13)14-7-9-18(24)26-14/h6-11,25H,1-5H3/b19-14+. The molecule has 0 saturated heterocycles. The van der Waals surface area contributed by atoms with Crippen molar-refractivity contribution in [2.75, 3.05) is 14.2 Å².